The molecule has 12 nitrogen and oxygen atoms in total. The van der Waals surface area contributed by atoms with E-state index >= 15 is 0 Å². The van der Waals surface area contributed by atoms with Gasteiger partial charge in [-0.3, -0.25) is 0 Å². The number of rotatable bonds is 38. The van der Waals surface area contributed by atoms with Crippen molar-refractivity contribution in [1.82, 2.24) is 0 Å². The number of nitrogens with zero attached hydrogens (tertiary/aromatic N) is 4. The van der Waals surface area contributed by atoms with Crippen molar-refractivity contribution >= 4 is 0 Å². The SMILES string of the molecule is CCCCCCCCOc1c2cc(C[N+](C)(C)CCO)cc1Cc1cc(C[N+](C)(C)CCO)cc(c1OCCC)Cc1cc(C[N+](C)(C)CCO)cc(c1OCCCCCCCC)Cc1cc(C[N+](C)(C)CCO)cc(c1OCCC)C2. The highest BCUT2D eigenvalue weighted by molar-refractivity contribution is 5.58. The number of aliphatic hydroxyl groups excluding tert-OH is 4. The van der Waals surface area contributed by atoms with Crippen LogP contribution in [0.2, 0.25) is 0 Å². The second-order valence-electron chi connectivity index (χ2n) is 26.8. The normalized spacial score (nSPS) is 13.2. The fourth-order valence-electron chi connectivity index (χ4n) is 12.2. The number of fused-ring (bicyclic) bond motifs is 8. The fourth-order valence-corrected chi connectivity index (χ4v) is 12.2. The Morgan fingerprint density at radius 1 is 0.293 bits per heavy atom. The summed E-state index contributed by atoms with van der Waals surface area (Å²) < 4.78 is 31.3. The Hall–Kier alpha value is -4.24. The van der Waals surface area contributed by atoms with Crippen molar-refractivity contribution in [2.45, 2.75) is 169 Å². The lowest BCUT2D eigenvalue weighted by atomic mass is 9.88. The van der Waals surface area contributed by atoms with Gasteiger partial charge in [0, 0.05) is 47.9 Å². The first kappa shape index (κ1) is 68.5. The van der Waals surface area contributed by atoms with Crippen molar-refractivity contribution in [2.75, 3.05) is 135 Å². The quantitative estimate of drug-likeness (QED) is 0.0228. The number of likely N-dealkylation sites (N-methyl/N-ethyl adjacent to an activating group) is 4. The Balaban J connectivity index is 1.97. The van der Waals surface area contributed by atoms with Crippen LogP contribution in [0.1, 0.15) is 184 Å². The number of unbranched alkanes of at least 4 members (excludes halogenated alkanes) is 10. The zero-order chi connectivity index (χ0) is 59.8. The lowest BCUT2D eigenvalue weighted by Gasteiger charge is -2.31. The molecule has 12 heteroatoms. The zero-order valence-corrected chi connectivity index (χ0v) is 53.9. The minimum Gasteiger partial charge on any atom is -0.493 e. The first-order valence-electron chi connectivity index (χ1n) is 32.0. The van der Waals surface area contributed by atoms with E-state index in [1.54, 1.807) is 0 Å². The van der Waals surface area contributed by atoms with Crippen molar-refractivity contribution in [3.8, 4) is 23.0 Å². The molecule has 0 radical (unpaired) electrons. The summed E-state index contributed by atoms with van der Waals surface area (Å²) in [5, 5.41) is 41.4. The van der Waals surface area contributed by atoms with Crippen LogP contribution in [0.3, 0.4) is 0 Å². The van der Waals surface area contributed by atoms with Gasteiger partial charge in [0.25, 0.3) is 0 Å². The third-order valence-corrected chi connectivity index (χ3v) is 16.4. The Kier molecular flexibility index (Phi) is 28.5. The van der Waals surface area contributed by atoms with Crippen molar-refractivity contribution in [3.05, 3.63) is 115 Å². The molecule has 0 fully saturated rings. The maximum Gasteiger partial charge on any atom is 0.126 e. The third kappa shape index (κ3) is 22.3. The van der Waals surface area contributed by atoms with Gasteiger partial charge in [-0.25, -0.2) is 0 Å². The van der Waals surface area contributed by atoms with Crippen molar-refractivity contribution in [1.29, 1.82) is 0 Å². The van der Waals surface area contributed by atoms with Gasteiger partial charge < -0.3 is 57.3 Å². The van der Waals surface area contributed by atoms with Crippen molar-refractivity contribution < 1.29 is 57.3 Å². The van der Waals surface area contributed by atoms with E-state index in [2.05, 4.69) is 133 Å². The van der Waals surface area contributed by atoms with E-state index < -0.39 is 0 Å². The van der Waals surface area contributed by atoms with Gasteiger partial charge in [-0.05, 0) is 119 Å². The van der Waals surface area contributed by atoms with E-state index in [0.717, 1.165) is 132 Å². The largest absolute Gasteiger partial charge is 0.493 e. The molecule has 0 aromatic heterocycles. The third-order valence-electron chi connectivity index (χ3n) is 16.4. The van der Waals surface area contributed by atoms with Crippen LogP contribution >= 0.6 is 0 Å². The van der Waals surface area contributed by atoms with Crippen LogP contribution in [-0.4, -0.2) is 174 Å². The lowest BCUT2D eigenvalue weighted by Crippen LogP contribution is -2.41. The molecule has 0 heterocycles. The van der Waals surface area contributed by atoms with Crippen LogP contribution in [0, 0.1) is 0 Å². The van der Waals surface area contributed by atoms with Crippen LogP contribution in [0.4, 0.5) is 0 Å². The topological polar surface area (TPSA) is 118 Å². The average molecular weight is 1140 g/mol. The van der Waals surface area contributed by atoms with Crippen LogP contribution < -0.4 is 18.9 Å². The lowest BCUT2D eigenvalue weighted by molar-refractivity contribution is -0.903. The van der Waals surface area contributed by atoms with E-state index in [1.807, 2.05) is 0 Å². The molecule has 4 N–H and O–H groups in total. The summed E-state index contributed by atoms with van der Waals surface area (Å²) in [6.45, 7) is 17.0. The molecule has 0 unspecified atom stereocenters. The molecule has 4 aromatic carbocycles. The number of hydrogen-bond acceptors (Lipinski definition) is 8. The molecule has 0 saturated carbocycles. The zero-order valence-electron chi connectivity index (χ0n) is 53.9. The summed E-state index contributed by atoms with van der Waals surface area (Å²) in [6.07, 6.45) is 18.0. The maximum absolute atomic E-state index is 10.4. The number of benzene rings is 4. The van der Waals surface area contributed by atoms with Crippen molar-refractivity contribution in [3.63, 3.8) is 0 Å². The van der Waals surface area contributed by atoms with E-state index in [9.17, 15) is 20.4 Å². The van der Waals surface area contributed by atoms with Gasteiger partial charge in [-0.2, -0.15) is 0 Å². The maximum atomic E-state index is 10.4. The Labute approximate surface area is 498 Å². The van der Waals surface area contributed by atoms with Gasteiger partial charge in [0.2, 0.25) is 0 Å². The second kappa shape index (κ2) is 34.0. The molecule has 1 aliphatic rings. The molecule has 0 spiro atoms. The van der Waals surface area contributed by atoms with Gasteiger partial charge in [-0.1, -0.05) is 91.9 Å². The molecular weight excluding hydrogens is 1020 g/mol. The molecule has 8 bridgehead atoms. The molecule has 4 aromatic rings. The monoisotopic (exact) mass is 1140 g/mol. The molecule has 0 saturated heterocycles. The summed E-state index contributed by atoms with van der Waals surface area (Å²) in [4.78, 5) is 0. The minimum atomic E-state index is 0.0960. The molecule has 1 aliphatic carbocycles. The minimum absolute atomic E-state index is 0.0960. The Bertz CT molecular complexity index is 2270. The first-order chi connectivity index (χ1) is 39.2. The molecule has 5 rings (SSSR count). The van der Waals surface area contributed by atoms with Gasteiger partial charge in [0.15, 0.2) is 0 Å². The van der Waals surface area contributed by atoms with E-state index in [4.69, 9.17) is 18.9 Å². The van der Waals surface area contributed by atoms with Crippen LogP contribution in [0.25, 0.3) is 0 Å². The number of aliphatic hydroxyl groups is 4. The van der Waals surface area contributed by atoms with Crippen LogP contribution in [0.5, 0.6) is 23.0 Å². The number of quaternary nitrogens is 4. The summed E-state index contributed by atoms with van der Waals surface area (Å²) in [5.74, 6) is 3.68. The highest BCUT2D eigenvalue weighted by atomic mass is 16.5. The molecule has 0 atom stereocenters. The van der Waals surface area contributed by atoms with Gasteiger partial charge in [0.1, 0.15) is 75.4 Å². The summed E-state index contributed by atoms with van der Waals surface area (Å²) in [5.41, 5.74) is 13.7. The molecule has 0 amide bonds. The molecule has 82 heavy (non-hydrogen) atoms. The Morgan fingerprint density at radius 2 is 0.500 bits per heavy atom. The van der Waals surface area contributed by atoms with Crippen LogP contribution in [-0.2, 0) is 51.9 Å². The summed E-state index contributed by atoms with van der Waals surface area (Å²) in [7, 11) is 17.6. The molecular formula is C70H116N4O8+4. The van der Waals surface area contributed by atoms with Gasteiger partial charge >= 0.3 is 0 Å². The summed E-state index contributed by atoms with van der Waals surface area (Å²) in [6, 6.07) is 19.0. The standard InChI is InChI=1S/C70H116N4O8/c1-13-17-19-21-23-25-37-81-69-63-43-57(53-73(9,10)29-33-77)44-64(69)48-60-40-56(52-72(7,8)28-32-76)42-62(68(60)80-36-16-4)50-66-46-58(54-74(11,12)30-34-78)45-65(70(66)82-38-26-24-22-20-18-14-2)49-61-41-55(51-71(5,6)27-31-75)39-59(47-63)67(61)79-35-15-3/h39-46,75-78H,13-38,47-54H2,1-12H3/q+4. The summed E-state index contributed by atoms with van der Waals surface area (Å²) >= 11 is 0. The first-order valence-corrected chi connectivity index (χ1v) is 32.0. The Morgan fingerprint density at radius 3 is 0.707 bits per heavy atom. The predicted molar refractivity (Wildman–Crippen MR) is 337 cm³/mol. The second-order valence-corrected chi connectivity index (χ2v) is 26.8. The van der Waals surface area contributed by atoms with Crippen LogP contribution in [0.15, 0.2) is 48.5 Å². The average Bonchev–Trinajstić information content (AvgIpc) is 3.26. The molecule has 0 aliphatic heterocycles. The van der Waals surface area contributed by atoms with Gasteiger partial charge in [-0.15, -0.1) is 0 Å². The molecule has 460 valence electrons. The number of ether oxygens (including phenoxy) is 4. The van der Waals surface area contributed by atoms with E-state index in [1.165, 1.54) is 73.6 Å². The van der Waals surface area contributed by atoms with Crippen molar-refractivity contribution in [2.24, 2.45) is 0 Å². The number of hydrogen-bond donors (Lipinski definition) is 4. The van der Waals surface area contributed by atoms with E-state index in [-0.39, 0.29) is 26.4 Å². The smallest absolute Gasteiger partial charge is 0.126 e. The highest BCUT2D eigenvalue weighted by Gasteiger charge is 2.29. The highest BCUT2D eigenvalue weighted by Crippen LogP contribution is 2.42. The van der Waals surface area contributed by atoms with E-state index in [0.29, 0.717) is 96.2 Å². The fraction of sp³-hybridized carbons (Fsp3) is 0.657. The van der Waals surface area contributed by atoms with Gasteiger partial charge in [0.05, 0.1) is 109 Å². The predicted octanol–water partition coefficient (Wildman–Crippen LogP) is 11.7.